The lowest BCUT2D eigenvalue weighted by Crippen LogP contribution is -2.19. The molecule has 0 fully saturated rings. The maximum Gasteiger partial charge on any atom is 0.335 e. The molecule has 4 nitrogen and oxygen atoms in total. The number of hydrogen-bond donors (Lipinski definition) is 1. The van der Waals surface area contributed by atoms with Gasteiger partial charge in [-0.25, -0.2) is 4.79 Å². The normalized spacial score (nSPS) is 20.2. The molecule has 2 aliphatic heterocycles. The van der Waals surface area contributed by atoms with Crippen LogP contribution >= 0.6 is 0 Å². The summed E-state index contributed by atoms with van der Waals surface area (Å²) in [7, 11) is 0. The zero-order valence-corrected chi connectivity index (χ0v) is 13.4. The lowest BCUT2D eigenvalue weighted by atomic mass is 10.1. The van der Waals surface area contributed by atoms with Gasteiger partial charge in [0.15, 0.2) is 0 Å². The van der Waals surface area contributed by atoms with Crippen LogP contribution in [0.1, 0.15) is 42.6 Å². The lowest BCUT2D eigenvalue weighted by Gasteiger charge is -2.26. The minimum absolute atomic E-state index is 0.285. The molecule has 0 bridgehead atoms. The summed E-state index contributed by atoms with van der Waals surface area (Å²) < 4.78 is 0. The maximum absolute atomic E-state index is 11.0. The molecule has 118 valence electrons. The Labute approximate surface area is 136 Å². The van der Waals surface area contributed by atoms with Crippen molar-refractivity contribution in [3.63, 3.8) is 0 Å². The Morgan fingerprint density at radius 3 is 2.74 bits per heavy atom. The third kappa shape index (κ3) is 3.11. The first kappa shape index (κ1) is 15.3. The van der Waals surface area contributed by atoms with Crippen LogP contribution in [0, 0.1) is 5.92 Å². The predicted octanol–water partition coefficient (Wildman–Crippen LogP) is 4.29. The van der Waals surface area contributed by atoms with Crippen molar-refractivity contribution in [3.05, 3.63) is 65.1 Å². The highest BCUT2D eigenvalue weighted by Gasteiger charge is 2.19. The van der Waals surface area contributed by atoms with Crippen LogP contribution in [-0.4, -0.2) is 22.2 Å². The van der Waals surface area contributed by atoms with Crippen LogP contribution in [0.25, 0.3) is 5.70 Å². The summed E-state index contributed by atoms with van der Waals surface area (Å²) in [6.45, 7) is 4.37. The van der Waals surface area contributed by atoms with Gasteiger partial charge >= 0.3 is 5.97 Å². The standard InChI is InChI=1S/C19H20N2O2/c1-3-16-10-13(2)4-9-17-11-20-18(12-21(16)17)14-5-7-15(8-6-14)19(22)23/h5-13H,3-4H2,1-2H3,(H,22,23). The quantitative estimate of drug-likeness (QED) is 0.906. The summed E-state index contributed by atoms with van der Waals surface area (Å²) in [5.41, 5.74) is 4.42. The molecular weight excluding hydrogens is 288 g/mol. The van der Waals surface area contributed by atoms with E-state index in [1.807, 2.05) is 12.4 Å². The third-order valence-electron chi connectivity index (χ3n) is 4.14. The molecule has 0 amide bonds. The Bertz CT molecular complexity index is 739. The van der Waals surface area contributed by atoms with E-state index >= 15 is 0 Å². The van der Waals surface area contributed by atoms with Gasteiger partial charge in [0.05, 0.1) is 23.2 Å². The van der Waals surface area contributed by atoms with E-state index in [1.54, 1.807) is 24.3 Å². The van der Waals surface area contributed by atoms with Crippen LogP contribution in [0.3, 0.4) is 0 Å². The molecule has 0 radical (unpaired) electrons. The van der Waals surface area contributed by atoms with E-state index in [9.17, 15) is 4.79 Å². The van der Waals surface area contributed by atoms with E-state index in [0.717, 1.165) is 29.8 Å². The van der Waals surface area contributed by atoms with Gasteiger partial charge in [-0.3, -0.25) is 4.99 Å². The van der Waals surface area contributed by atoms with Crippen LogP contribution in [0.5, 0.6) is 0 Å². The zero-order chi connectivity index (χ0) is 16.4. The molecule has 0 aliphatic carbocycles. The minimum atomic E-state index is -0.916. The number of aromatic carboxylic acids is 1. The van der Waals surface area contributed by atoms with Gasteiger partial charge < -0.3 is 10.0 Å². The number of fused-ring (bicyclic) bond motifs is 1. The van der Waals surface area contributed by atoms with E-state index in [4.69, 9.17) is 5.11 Å². The van der Waals surface area contributed by atoms with E-state index in [0.29, 0.717) is 5.92 Å². The Kier molecular flexibility index (Phi) is 4.15. The highest BCUT2D eigenvalue weighted by molar-refractivity contribution is 5.90. The Hall–Kier alpha value is -2.62. The molecule has 3 rings (SSSR count). The average molecular weight is 308 g/mol. The molecule has 1 N–H and O–H groups in total. The van der Waals surface area contributed by atoms with Gasteiger partial charge in [-0.15, -0.1) is 0 Å². The molecule has 23 heavy (non-hydrogen) atoms. The van der Waals surface area contributed by atoms with E-state index < -0.39 is 5.97 Å². The molecule has 0 aromatic heterocycles. The lowest BCUT2D eigenvalue weighted by molar-refractivity contribution is 0.0697. The van der Waals surface area contributed by atoms with Crippen LogP contribution in [0.4, 0.5) is 0 Å². The Morgan fingerprint density at radius 2 is 2.09 bits per heavy atom. The van der Waals surface area contributed by atoms with Crippen LogP contribution in [0.15, 0.2) is 59.0 Å². The molecule has 1 atom stereocenters. The second-order valence-electron chi connectivity index (χ2n) is 5.88. The number of rotatable bonds is 3. The van der Waals surface area contributed by atoms with Crippen molar-refractivity contribution in [2.45, 2.75) is 26.7 Å². The highest BCUT2D eigenvalue weighted by atomic mass is 16.4. The molecule has 2 heterocycles. The van der Waals surface area contributed by atoms with Crippen molar-refractivity contribution in [1.82, 2.24) is 4.90 Å². The van der Waals surface area contributed by atoms with Crippen molar-refractivity contribution < 1.29 is 9.90 Å². The summed E-state index contributed by atoms with van der Waals surface area (Å²) in [6, 6.07) is 6.83. The monoisotopic (exact) mass is 308 g/mol. The SMILES string of the molecule is CCC1=CC(C)CC=C2C=NC(c3ccc(C(=O)O)cc3)=CN21. The first-order valence-corrected chi connectivity index (χ1v) is 7.88. The molecule has 4 heteroatoms. The Balaban J connectivity index is 1.96. The number of allylic oxidation sites excluding steroid dienone is 4. The second-order valence-corrected chi connectivity index (χ2v) is 5.88. The minimum Gasteiger partial charge on any atom is -0.478 e. The summed E-state index contributed by atoms with van der Waals surface area (Å²) in [6.07, 6.45) is 10.4. The van der Waals surface area contributed by atoms with Gasteiger partial charge in [0.25, 0.3) is 0 Å². The highest BCUT2D eigenvalue weighted by Crippen LogP contribution is 2.30. The largest absolute Gasteiger partial charge is 0.478 e. The molecule has 2 aliphatic rings. The molecule has 1 aromatic carbocycles. The number of benzene rings is 1. The fraction of sp³-hybridized carbons (Fsp3) is 0.263. The fourth-order valence-electron chi connectivity index (χ4n) is 2.83. The number of aliphatic imine (C=N–C) groups is 1. The molecule has 0 saturated carbocycles. The molecule has 1 unspecified atom stereocenters. The van der Waals surface area contributed by atoms with Crippen molar-refractivity contribution in [2.75, 3.05) is 0 Å². The van der Waals surface area contributed by atoms with Crippen LogP contribution in [-0.2, 0) is 0 Å². The predicted molar refractivity (Wildman–Crippen MR) is 91.9 cm³/mol. The Morgan fingerprint density at radius 1 is 1.35 bits per heavy atom. The molecule has 0 saturated heterocycles. The van der Waals surface area contributed by atoms with Crippen molar-refractivity contribution in [2.24, 2.45) is 10.9 Å². The van der Waals surface area contributed by atoms with E-state index in [2.05, 4.69) is 35.9 Å². The van der Waals surface area contributed by atoms with Gasteiger partial charge in [-0.2, -0.15) is 0 Å². The van der Waals surface area contributed by atoms with Gasteiger partial charge in [0, 0.05) is 17.5 Å². The first-order valence-electron chi connectivity index (χ1n) is 7.88. The van der Waals surface area contributed by atoms with E-state index in [1.165, 1.54) is 5.70 Å². The first-order chi connectivity index (χ1) is 11.1. The number of nitrogens with zero attached hydrogens (tertiary/aromatic N) is 2. The van der Waals surface area contributed by atoms with Crippen molar-refractivity contribution >= 4 is 17.9 Å². The van der Waals surface area contributed by atoms with E-state index in [-0.39, 0.29) is 5.56 Å². The average Bonchev–Trinajstić information content (AvgIpc) is 2.73. The topological polar surface area (TPSA) is 52.9 Å². The number of hydrogen-bond acceptors (Lipinski definition) is 3. The third-order valence-corrected chi connectivity index (χ3v) is 4.14. The number of carboxylic acid groups (broad SMARTS) is 1. The van der Waals surface area contributed by atoms with Crippen molar-refractivity contribution in [3.8, 4) is 0 Å². The summed E-state index contributed by atoms with van der Waals surface area (Å²) in [4.78, 5) is 17.7. The summed E-state index contributed by atoms with van der Waals surface area (Å²) >= 11 is 0. The fourth-order valence-corrected chi connectivity index (χ4v) is 2.83. The molecule has 1 aromatic rings. The van der Waals surface area contributed by atoms with Gasteiger partial charge in [0.1, 0.15) is 0 Å². The number of carboxylic acids is 1. The van der Waals surface area contributed by atoms with Crippen molar-refractivity contribution in [1.29, 1.82) is 0 Å². The summed E-state index contributed by atoms with van der Waals surface area (Å²) in [5.74, 6) is -0.399. The van der Waals surface area contributed by atoms with Crippen LogP contribution < -0.4 is 0 Å². The zero-order valence-electron chi connectivity index (χ0n) is 13.4. The van der Waals surface area contributed by atoms with Gasteiger partial charge in [-0.05, 0) is 30.9 Å². The smallest absolute Gasteiger partial charge is 0.335 e. The van der Waals surface area contributed by atoms with Gasteiger partial charge in [-0.1, -0.05) is 38.1 Å². The maximum atomic E-state index is 11.0. The van der Waals surface area contributed by atoms with Crippen LogP contribution in [0.2, 0.25) is 0 Å². The second kappa shape index (κ2) is 6.24. The molecule has 0 spiro atoms. The summed E-state index contributed by atoms with van der Waals surface area (Å²) in [5, 5.41) is 9.00. The molecular formula is C19H20N2O2. The number of carbonyl (C=O) groups is 1. The van der Waals surface area contributed by atoms with Gasteiger partial charge in [0.2, 0.25) is 0 Å².